The molecule has 0 saturated carbocycles. The number of hydrogen-bond acceptors (Lipinski definition) is 4. The highest BCUT2D eigenvalue weighted by molar-refractivity contribution is 5.48. The lowest BCUT2D eigenvalue weighted by molar-refractivity contribution is 0.174. The molecule has 0 fully saturated rings. The summed E-state index contributed by atoms with van der Waals surface area (Å²) in [4.78, 5) is 0. The van der Waals surface area contributed by atoms with Gasteiger partial charge in [0.25, 0.3) is 0 Å². The van der Waals surface area contributed by atoms with Crippen LogP contribution in [0.3, 0.4) is 0 Å². The van der Waals surface area contributed by atoms with Gasteiger partial charge in [-0.1, -0.05) is 60.7 Å². The molecule has 4 nitrogen and oxygen atoms in total. The van der Waals surface area contributed by atoms with Crippen molar-refractivity contribution in [2.24, 2.45) is 0 Å². The van der Waals surface area contributed by atoms with Crippen LogP contribution < -0.4 is 20.1 Å². The molecule has 2 aromatic carbocycles. The van der Waals surface area contributed by atoms with Gasteiger partial charge in [-0.15, -0.1) is 0 Å². The molecule has 2 N–H and O–H groups in total. The standard InChI is InChI=1S/C24H24N2O2/c1-2-7-13-25-24-19(10-6-1)20(17-8-4-3-5-9-17)15-26-23(24)18-11-12-21-22(14-18)28-16-27-21/h1-9,11-12,14,20,23,25-26H,10,13,15-16H2/b6-1-,7-2-/t20-,23+/m0/s1. The van der Waals surface area contributed by atoms with Gasteiger partial charge >= 0.3 is 0 Å². The molecule has 0 aromatic heterocycles. The zero-order valence-electron chi connectivity index (χ0n) is 15.7. The highest BCUT2D eigenvalue weighted by atomic mass is 16.7. The van der Waals surface area contributed by atoms with E-state index in [1.54, 1.807) is 0 Å². The number of fused-ring (bicyclic) bond motifs is 1. The van der Waals surface area contributed by atoms with Crippen molar-refractivity contribution in [3.63, 3.8) is 0 Å². The maximum atomic E-state index is 5.61. The van der Waals surface area contributed by atoms with E-state index in [0.717, 1.165) is 31.0 Å². The lowest BCUT2D eigenvalue weighted by Gasteiger charge is -2.36. The number of rotatable bonds is 2. The first-order valence-corrected chi connectivity index (χ1v) is 9.86. The number of ether oxygens (including phenoxy) is 2. The maximum absolute atomic E-state index is 5.61. The summed E-state index contributed by atoms with van der Waals surface area (Å²) in [5, 5.41) is 7.48. The van der Waals surface area contributed by atoms with Gasteiger partial charge < -0.3 is 20.1 Å². The number of nitrogens with one attached hydrogen (secondary N) is 2. The second kappa shape index (κ2) is 7.56. The minimum Gasteiger partial charge on any atom is -0.454 e. The third kappa shape index (κ3) is 3.20. The van der Waals surface area contributed by atoms with Gasteiger partial charge in [0.15, 0.2) is 11.5 Å². The molecule has 2 aromatic rings. The molecular weight excluding hydrogens is 348 g/mol. The van der Waals surface area contributed by atoms with Gasteiger partial charge in [-0.2, -0.15) is 0 Å². The Balaban J connectivity index is 1.58. The van der Waals surface area contributed by atoms with Crippen LogP contribution in [0.15, 0.2) is 84.1 Å². The minimum absolute atomic E-state index is 0.115. The summed E-state index contributed by atoms with van der Waals surface area (Å²) in [6.07, 6.45) is 9.63. The van der Waals surface area contributed by atoms with E-state index in [4.69, 9.17) is 9.47 Å². The molecule has 0 radical (unpaired) electrons. The summed E-state index contributed by atoms with van der Waals surface area (Å²) >= 11 is 0. The van der Waals surface area contributed by atoms with Crippen molar-refractivity contribution >= 4 is 0 Å². The SMILES string of the molecule is C1=C\CNC2=C(C\C=C/1)[C@H](c1ccccc1)CN[C@@H]2c1ccc2c(c1)OCO2. The Bertz CT molecular complexity index is 946. The van der Waals surface area contributed by atoms with Gasteiger partial charge in [0.05, 0.1) is 6.04 Å². The van der Waals surface area contributed by atoms with Gasteiger partial charge in [-0.05, 0) is 35.3 Å². The highest BCUT2D eigenvalue weighted by Gasteiger charge is 2.31. The first-order valence-electron chi connectivity index (χ1n) is 9.86. The molecule has 3 heterocycles. The fourth-order valence-corrected chi connectivity index (χ4v) is 4.27. The predicted molar refractivity (Wildman–Crippen MR) is 110 cm³/mol. The largest absolute Gasteiger partial charge is 0.454 e. The minimum atomic E-state index is 0.115. The van der Waals surface area contributed by atoms with E-state index in [9.17, 15) is 0 Å². The second-order valence-corrected chi connectivity index (χ2v) is 7.30. The van der Waals surface area contributed by atoms with Crippen LogP contribution >= 0.6 is 0 Å². The van der Waals surface area contributed by atoms with Crippen molar-refractivity contribution < 1.29 is 9.47 Å². The molecule has 0 amide bonds. The summed E-state index contributed by atoms with van der Waals surface area (Å²) in [6.45, 7) is 2.02. The molecule has 2 atom stereocenters. The van der Waals surface area contributed by atoms with Crippen LogP contribution in [0.1, 0.15) is 29.5 Å². The Morgan fingerprint density at radius 1 is 0.857 bits per heavy atom. The molecule has 5 rings (SSSR count). The summed E-state index contributed by atoms with van der Waals surface area (Å²) < 4.78 is 11.1. The monoisotopic (exact) mass is 372 g/mol. The van der Waals surface area contributed by atoms with Crippen LogP contribution in [0.2, 0.25) is 0 Å². The Labute approximate surface area is 165 Å². The van der Waals surface area contributed by atoms with E-state index in [2.05, 4.69) is 77.4 Å². The Morgan fingerprint density at radius 2 is 1.71 bits per heavy atom. The molecule has 0 saturated heterocycles. The molecule has 0 unspecified atom stereocenters. The fraction of sp³-hybridized carbons (Fsp3) is 0.250. The third-order valence-electron chi connectivity index (χ3n) is 5.64. The first-order chi connectivity index (χ1) is 13.9. The van der Waals surface area contributed by atoms with E-state index >= 15 is 0 Å². The van der Waals surface area contributed by atoms with Gasteiger partial charge in [0.1, 0.15) is 0 Å². The van der Waals surface area contributed by atoms with Crippen LogP contribution in [-0.2, 0) is 0 Å². The zero-order valence-corrected chi connectivity index (χ0v) is 15.7. The Kier molecular flexibility index (Phi) is 4.63. The molecule has 28 heavy (non-hydrogen) atoms. The average Bonchev–Trinajstić information content (AvgIpc) is 3.25. The summed E-state index contributed by atoms with van der Waals surface area (Å²) in [7, 11) is 0. The predicted octanol–water partition coefficient (Wildman–Crippen LogP) is 4.20. The van der Waals surface area contributed by atoms with Crippen molar-refractivity contribution in [2.45, 2.75) is 18.4 Å². The molecule has 0 bridgehead atoms. The van der Waals surface area contributed by atoms with Crippen molar-refractivity contribution in [1.29, 1.82) is 0 Å². The highest BCUT2D eigenvalue weighted by Crippen LogP contribution is 2.40. The lowest BCUT2D eigenvalue weighted by atomic mass is 9.81. The molecule has 4 heteroatoms. The molecule has 3 aliphatic heterocycles. The van der Waals surface area contributed by atoms with Crippen LogP contribution in [0.25, 0.3) is 0 Å². The van der Waals surface area contributed by atoms with Crippen molar-refractivity contribution in [3.8, 4) is 11.5 Å². The summed E-state index contributed by atoms with van der Waals surface area (Å²) in [6, 6.07) is 17.2. The number of benzene rings is 2. The van der Waals surface area contributed by atoms with E-state index in [1.165, 1.54) is 22.4 Å². The number of allylic oxidation sites excluding steroid dienone is 3. The average molecular weight is 372 g/mol. The topological polar surface area (TPSA) is 42.5 Å². The van der Waals surface area contributed by atoms with Crippen LogP contribution in [0, 0.1) is 0 Å². The van der Waals surface area contributed by atoms with Crippen molar-refractivity contribution in [1.82, 2.24) is 10.6 Å². The van der Waals surface area contributed by atoms with Gasteiger partial charge in [-0.25, -0.2) is 0 Å². The van der Waals surface area contributed by atoms with Gasteiger partial charge in [0.2, 0.25) is 6.79 Å². The Morgan fingerprint density at radius 3 is 2.64 bits per heavy atom. The molecular formula is C24H24N2O2. The van der Waals surface area contributed by atoms with Crippen molar-refractivity contribution in [2.75, 3.05) is 19.9 Å². The molecule has 0 spiro atoms. The van der Waals surface area contributed by atoms with Crippen LogP contribution in [0.5, 0.6) is 11.5 Å². The smallest absolute Gasteiger partial charge is 0.231 e. The quantitative estimate of drug-likeness (QED) is 0.829. The fourth-order valence-electron chi connectivity index (χ4n) is 4.27. The molecule has 142 valence electrons. The lowest BCUT2D eigenvalue weighted by Crippen LogP contribution is -2.39. The normalized spacial score (nSPS) is 25.7. The van der Waals surface area contributed by atoms with Gasteiger partial charge in [0, 0.05) is 24.7 Å². The van der Waals surface area contributed by atoms with Crippen molar-refractivity contribution in [3.05, 3.63) is 95.2 Å². The van der Waals surface area contributed by atoms with Crippen LogP contribution in [0.4, 0.5) is 0 Å². The van der Waals surface area contributed by atoms with E-state index in [0.29, 0.717) is 12.7 Å². The van der Waals surface area contributed by atoms with E-state index < -0.39 is 0 Å². The first kappa shape index (κ1) is 17.1. The zero-order chi connectivity index (χ0) is 18.8. The van der Waals surface area contributed by atoms with E-state index in [1.807, 2.05) is 6.07 Å². The van der Waals surface area contributed by atoms with Gasteiger partial charge in [-0.3, -0.25) is 0 Å². The maximum Gasteiger partial charge on any atom is 0.231 e. The van der Waals surface area contributed by atoms with Crippen LogP contribution in [-0.4, -0.2) is 19.9 Å². The summed E-state index contributed by atoms with van der Waals surface area (Å²) in [5.74, 6) is 2.01. The molecule has 3 aliphatic rings. The third-order valence-corrected chi connectivity index (χ3v) is 5.64. The molecule has 0 aliphatic carbocycles. The number of hydrogen-bond donors (Lipinski definition) is 2. The summed E-state index contributed by atoms with van der Waals surface area (Å²) in [5.41, 5.74) is 5.28. The second-order valence-electron chi connectivity index (χ2n) is 7.30. The Hall–Kier alpha value is -2.98. The van der Waals surface area contributed by atoms with E-state index in [-0.39, 0.29) is 6.04 Å².